The van der Waals surface area contributed by atoms with E-state index in [2.05, 4.69) is 60.7 Å². The molecule has 2 heterocycles. The van der Waals surface area contributed by atoms with Crippen molar-refractivity contribution in [1.29, 1.82) is 0 Å². The van der Waals surface area contributed by atoms with E-state index in [0.717, 1.165) is 11.3 Å². The van der Waals surface area contributed by atoms with E-state index in [9.17, 15) is 0 Å². The lowest BCUT2D eigenvalue weighted by Gasteiger charge is -2.08. The highest BCUT2D eigenvalue weighted by molar-refractivity contribution is 7.57. The lowest BCUT2D eigenvalue weighted by Crippen LogP contribution is -1.87. The van der Waals surface area contributed by atoms with Crippen LogP contribution in [0.3, 0.4) is 0 Å². The summed E-state index contributed by atoms with van der Waals surface area (Å²) in [6.45, 7) is 0. The van der Waals surface area contributed by atoms with Crippen molar-refractivity contribution in [1.82, 2.24) is 4.98 Å². The second-order valence-corrected chi connectivity index (χ2v) is 7.88. The fraction of sp³-hybridized carbons (Fsp3) is 0. The van der Waals surface area contributed by atoms with Gasteiger partial charge in [-0.25, -0.2) is 4.98 Å². The summed E-state index contributed by atoms with van der Waals surface area (Å²) in [6.07, 6.45) is 0. The van der Waals surface area contributed by atoms with E-state index in [1.165, 1.54) is 21.0 Å². The monoisotopic (exact) mass is 353 g/mol. The molecule has 124 valence electrons. The second kappa shape index (κ2) is 6.33. The van der Waals surface area contributed by atoms with Crippen LogP contribution in [0.15, 0.2) is 97.1 Å². The molecule has 0 unspecified atom stereocenters. The van der Waals surface area contributed by atoms with Gasteiger partial charge in [0.15, 0.2) is 0 Å². The van der Waals surface area contributed by atoms with Gasteiger partial charge in [0.2, 0.25) is 5.88 Å². The van der Waals surface area contributed by atoms with Crippen LogP contribution in [0, 0.1) is 0 Å². The summed E-state index contributed by atoms with van der Waals surface area (Å²) in [4.78, 5) is 4.75. The maximum absolute atomic E-state index is 6.44. The number of aromatic nitrogens is 1. The standard InChI is InChI=1S/C23H16NOP/c1-2-9-17(10-3-1)20-13-8-16-23(24-20)25-26-21-14-6-4-11-18(21)19-12-5-7-15-22(19)26/h1-16H. The van der Waals surface area contributed by atoms with Gasteiger partial charge in [-0.05, 0) is 29.0 Å². The van der Waals surface area contributed by atoms with Gasteiger partial charge in [0.25, 0.3) is 0 Å². The van der Waals surface area contributed by atoms with Crippen molar-refractivity contribution >= 4 is 28.8 Å². The van der Waals surface area contributed by atoms with Gasteiger partial charge in [0.1, 0.15) is 0 Å². The lowest BCUT2D eigenvalue weighted by molar-refractivity contribution is 0.609. The maximum Gasteiger partial charge on any atom is 0.222 e. The number of hydrogen-bond donors (Lipinski definition) is 0. The SMILES string of the molecule is c1ccc(-c2cccc(Op3c4ccccc4c4ccccc43)n2)cc1. The molecule has 26 heavy (non-hydrogen) atoms. The number of rotatable bonds is 3. The smallest absolute Gasteiger partial charge is 0.222 e. The van der Waals surface area contributed by atoms with E-state index in [1.54, 1.807) is 0 Å². The third kappa shape index (κ3) is 2.56. The van der Waals surface area contributed by atoms with E-state index in [4.69, 9.17) is 9.51 Å². The molecule has 0 radical (unpaired) electrons. The number of benzene rings is 3. The van der Waals surface area contributed by atoms with E-state index in [0.29, 0.717) is 5.88 Å². The largest absolute Gasteiger partial charge is 0.426 e. The minimum Gasteiger partial charge on any atom is -0.426 e. The molecule has 5 aromatic rings. The van der Waals surface area contributed by atoms with Gasteiger partial charge in [-0.1, -0.05) is 72.8 Å². The zero-order valence-corrected chi connectivity index (χ0v) is 14.9. The lowest BCUT2D eigenvalue weighted by atomic mass is 10.1. The predicted octanol–water partition coefficient (Wildman–Crippen LogP) is 6.88. The highest BCUT2D eigenvalue weighted by atomic mass is 31.1. The number of hydrogen-bond acceptors (Lipinski definition) is 2. The van der Waals surface area contributed by atoms with Gasteiger partial charge < -0.3 is 4.52 Å². The Morgan fingerprint density at radius 3 is 1.88 bits per heavy atom. The topological polar surface area (TPSA) is 22.1 Å². The van der Waals surface area contributed by atoms with Crippen LogP contribution in [0.1, 0.15) is 0 Å². The number of pyridine rings is 1. The Kier molecular flexibility index (Phi) is 3.70. The Balaban J connectivity index is 1.64. The molecular formula is C23H16NOP. The average molecular weight is 353 g/mol. The van der Waals surface area contributed by atoms with Crippen molar-refractivity contribution in [3.63, 3.8) is 0 Å². The van der Waals surface area contributed by atoms with Crippen molar-refractivity contribution in [2.75, 3.05) is 0 Å². The summed E-state index contributed by atoms with van der Waals surface area (Å²) < 4.78 is 6.44. The molecule has 5 rings (SSSR count). The van der Waals surface area contributed by atoms with Gasteiger partial charge in [0, 0.05) is 21.9 Å². The first-order chi connectivity index (χ1) is 12.9. The molecule has 0 saturated heterocycles. The van der Waals surface area contributed by atoms with Crippen LogP contribution < -0.4 is 4.52 Å². The molecule has 3 aromatic carbocycles. The van der Waals surface area contributed by atoms with E-state index in [1.807, 2.05) is 36.4 Å². The molecular weight excluding hydrogens is 337 g/mol. The normalized spacial score (nSPS) is 11.1. The molecule has 2 aromatic heterocycles. The molecule has 2 nitrogen and oxygen atoms in total. The van der Waals surface area contributed by atoms with Crippen molar-refractivity contribution in [3.8, 4) is 17.1 Å². The Morgan fingerprint density at radius 1 is 0.577 bits per heavy atom. The van der Waals surface area contributed by atoms with Gasteiger partial charge in [0.05, 0.1) is 13.5 Å². The Hall–Kier alpha value is -3.09. The molecule has 0 aliphatic rings. The van der Waals surface area contributed by atoms with Gasteiger partial charge in [-0.15, -0.1) is 0 Å². The summed E-state index contributed by atoms with van der Waals surface area (Å²) in [5, 5.41) is 5.06. The molecule has 0 aliphatic heterocycles. The van der Waals surface area contributed by atoms with Crippen LogP contribution in [-0.4, -0.2) is 4.98 Å². The van der Waals surface area contributed by atoms with E-state index in [-0.39, 0.29) is 0 Å². The highest BCUT2D eigenvalue weighted by Gasteiger charge is 2.13. The molecule has 0 N–H and O–H groups in total. The Bertz CT molecular complexity index is 1160. The van der Waals surface area contributed by atoms with Gasteiger partial charge in [-0.2, -0.15) is 0 Å². The summed E-state index contributed by atoms with van der Waals surface area (Å²) in [6, 6.07) is 33.2. The zero-order chi connectivity index (χ0) is 17.3. The predicted molar refractivity (Wildman–Crippen MR) is 110 cm³/mol. The first-order valence-electron chi connectivity index (χ1n) is 8.59. The fourth-order valence-corrected chi connectivity index (χ4v) is 5.33. The minimum atomic E-state index is -0.897. The average Bonchev–Trinajstić information content (AvgIpc) is 3.03. The second-order valence-electron chi connectivity index (χ2n) is 6.15. The van der Waals surface area contributed by atoms with Crippen LogP contribution in [0.25, 0.3) is 32.3 Å². The summed E-state index contributed by atoms with van der Waals surface area (Å²) in [7, 11) is -0.897. The quantitative estimate of drug-likeness (QED) is 0.352. The first-order valence-corrected chi connectivity index (χ1v) is 9.85. The van der Waals surface area contributed by atoms with E-state index < -0.39 is 7.76 Å². The van der Waals surface area contributed by atoms with Crippen molar-refractivity contribution in [2.24, 2.45) is 0 Å². The third-order valence-electron chi connectivity index (χ3n) is 4.51. The molecule has 0 atom stereocenters. The molecule has 0 amide bonds. The molecule has 3 heteroatoms. The summed E-state index contributed by atoms with van der Waals surface area (Å²) in [5.41, 5.74) is 2.02. The molecule has 0 spiro atoms. The van der Waals surface area contributed by atoms with Crippen LogP contribution in [0.5, 0.6) is 5.88 Å². The van der Waals surface area contributed by atoms with Crippen LogP contribution >= 0.6 is 7.76 Å². The Labute approximate surface area is 152 Å². The molecule has 0 fully saturated rings. The van der Waals surface area contributed by atoms with Crippen LogP contribution in [0.4, 0.5) is 0 Å². The minimum absolute atomic E-state index is 0.670. The molecule has 0 aliphatic carbocycles. The maximum atomic E-state index is 6.44. The van der Waals surface area contributed by atoms with Crippen molar-refractivity contribution in [2.45, 2.75) is 0 Å². The zero-order valence-electron chi connectivity index (χ0n) is 14.0. The van der Waals surface area contributed by atoms with Gasteiger partial charge in [-0.3, -0.25) is 0 Å². The summed E-state index contributed by atoms with van der Waals surface area (Å²) >= 11 is 0. The van der Waals surface area contributed by atoms with Gasteiger partial charge >= 0.3 is 0 Å². The van der Waals surface area contributed by atoms with Crippen molar-refractivity contribution < 1.29 is 4.52 Å². The fourth-order valence-electron chi connectivity index (χ4n) is 3.31. The molecule has 0 saturated carbocycles. The third-order valence-corrected chi connectivity index (χ3v) is 6.54. The Morgan fingerprint density at radius 2 is 1.19 bits per heavy atom. The van der Waals surface area contributed by atoms with Crippen molar-refractivity contribution in [3.05, 3.63) is 97.1 Å². The summed E-state index contributed by atoms with van der Waals surface area (Å²) in [5.74, 6) is 0.670. The first kappa shape index (κ1) is 15.2. The molecule has 0 bridgehead atoms. The number of fused-ring (bicyclic) bond motifs is 3. The highest BCUT2D eigenvalue weighted by Crippen LogP contribution is 2.49. The number of nitrogens with zero attached hydrogens (tertiary/aromatic N) is 1. The van der Waals surface area contributed by atoms with E-state index >= 15 is 0 Å². The van der Waals surface area contributed by atoms with Crippen LogP contribution in [0.2, 0.25) is 0 Å². The van der Waals surface area contributed by atoms with Crippen LogP contribution in [-0.2, 0) is 0 Å².